The fraction of sp³-hybridized carbons (Fsp3) is 0.333. The van der Waals surface area contributed by atoms with Gasteiger partial charge in [0.15, 0.2) is 0 Å². The molecule has 1 rings (SSSR count). The maximum Gasteiger partial charge on any atom is 0.139 e. The van der Waals surface area contributed by atoms with Crippen LogP contribution >= 0.6 is 11.6 Å². The average molecular weight is 220 g/mol. The Morgan fingerprint density at radius 3 is 2.57 bits per heavy atom. The molecule has 0 aliphatic carbocycles. The molecule has 0 bridgehead atoms. The number of aromatic hydroxyl groups is 1. The summed E-state index contributed by atoms with van der Waals surface area (Å²) < 4.78 is 12.9. The van der Waals surface area contributed by atoms with Gasteiger partial charge in [-0.25, -0.2) is 4.39 Å². The van der Waals surface area contributed by atoms with E-state index in [1.807, 2.05) is 0 Å². The molecule has 1 aromatic carbocycles. The minimum atomic E-state index is -0.890. The molecule has 78 valence electrons. The quantitative estimate of drug-likeness (QED) is 0.707. The van der Waals surface area contributed by atoms with Gasteiger partial charge < -0.3 is 15.9 Å². The number of phenols is 1. The Morgan fingerprint density at radius 1 is 1.50 bits per heavy atom. The fourth-order valence-corrected chi connectivity index (χ4v) is 1.31. The maximum atomic E-state index is 12.9. The molecule has 4 N–H and O–H groups in total. The summed E-state index contributed by atoms with van der Waals surface area (Å²) in [7, 11) is 0. The average Bonchev–Trinajstić information content (AvgIpc) is 2.09. The number of hydrogen-bond acceptors (Lipinski definition) is 3. The number of aliphatic hydroxyl groups excluding tert-OH is 1. The van der Waals surface area contributed by atoms with Crippen molar-refractivity contribution in [3.63, 3.8) is 0 Å². The van der Waals surface area contributed by atoms with Gasteiger partial charge in [-0.05, 0) is 19.1 Å². The van der Waals surface area contributed by atoms with E-state index in [9.17, 15) is 14.6 Å². The zero-order valence-corrected chi connectivity index (χ0v) is 8.29. The fourth-order valence-electron chi connectivity index (χ4n) is 1.10. The molecule has 0 radical (unpaired) electrons. The van der Waals surface area contributed by atoms with Crippen molar-refractivity contribution in [2.45, 2.75) is 19.1 Å². The SMILES string of the molecule is CC(O)[C@H](N)c1cc(F)cc(Cl)c1O. The molecule has 0 aromatic heterocycles. The van der Waals surface area contributed by atoms with Crippen LogP contribution in [0.5, 0.6) is 5.75 Å². The lowest BCUT2D eigenvalue weighted by Crippen LogP contribution is -2.23. The Labute approximate surface area is 85.9 Å². The number of hydrogen-bond donors (Lipinski definition) is 3. The number of halogens is 2. The van der Waals surface area contributed by atoms with E-state index in [0.29, 0.717) is 0 Å². The number of nitrogens with two attached hydrogens (primary N) is 1. The summed E-state index contributed by atoms with van der Waals surface area (Å²) in [6.07, 6.45) is -0.890. The van der Waals surface area contributed by atoms with Gasteiger partial charge in [0, 0.05) is 5.56 Å². The van der Waals surface area contributed by atoms with Crippen molar-refractivity contribution in [3.05, 3.63) is 28.5 Å². The van der Waals surface area contributed by atoms with Crippen LogP contribution in [0.2, 0.25) is 5.02 Å². The van der Waals surface area contributed by atoms with Crippen molar-refractivity contribution in [2.75, 3.05) is 0 Å². The van der Waals surface area contributed by atoms with E-state index in [-0.39, 0.29) is 16.3 Å². The number of phenolic OH excluding ortho intramolecular Hbond substituents is 1. The molecule has 0 amide bonds. The van der Waals surface area contributed by atoms with Gasteiger partial charge in [0.25, 0.3) is 0 Å². The van der Waals surface area contributed by atoms with Crippen LogP contribution < -0.4 is 5.73 Å². The van der Waals surface area contributed by atoms with E-state index in [2.05, 4.69) is 0 Å². The van der Waals surface area contributed by atoms with E-state index in [1.165, 1.54) is 6.92 Å². The molecule has 0 fully saturated rings. The number of benzene rings is 1. The molecule has 0 saturated heterocycles. The van der Waals surface area contributed by atoms with Crippen molar-refractivity contribution in [1.29, 1.82) is 0 Å². The van der Waals surface area contributed by atoms with Crippen LogP contribution in [0.4, 0.5) is 4.39 Å². The summed E-state index contributed by atoms with van der Waals surface area (Å²) in [4.78, 5) is 0. The minimum Gasteiger partial charge on any atom is -0.506 e. The third kappa shape index (κ3) is 2.15. The van der Waals surface area contributed by atoms with Gasteiger partial charge in [-0.1, -0.05) is 11.6 Å². The van der Waals surface area contributed by atoms with Crippen LogP contribution in [0.25, 0.3) is 0 Å². The molecule has 0 saturated carbocycles. The molecule has 0 aliphatic rings. The lowest BCUT2D eigenvalue weighted by molar-refractivity contribution is 0.162. The molecular formula is C9H11ClFNO2. The molecule has 0 spiro atoms. The molecule has 14 heavy (non-hydrogen) atoms. The molecule has 2 atom stereocenters. The van der Waals surface area contributed by atoms with Crippen molar-refractivity contribution in [3.8, 4) is 5.75 Å². The molecule has 0 heterocycles. The van der Waals surface area contributed by atoms with Crippen molar-refractivity contribution in [1.82, 2.24) is 0 Å². The second-order valence-electron chi connectivity index (χ2n) is 3.09. The van der Waals surface area contributed by atoms with Gasteiger partial charge in [-0.2, -0.15) is 0 Å². The number of rotatable bonds is 2. The molecule has 0 aliphatic heterocycles. The second-order valence-corrected chi connectivity index (χ2v) is 3.50. The zero-order valence-electron chi connectivity index (χ0n) is 7.54. The Hall–Kier alpha value is -0.840. The maximum absolute atomic E-state index is 12.9. The van der Waals surface area contributed by atoms with Crippen LogP contribution in [0.15, 0.2) is 12.1 Å². The standard InChI is InChI=1S/C9H11ClFNO2/c1-4(13)8(12)6-2-5(11)3-7(10)9(6)14/h2-4,8,13-14H,12H2,1H3/t4?,8-/m0/s1. The van der Waals surface area contributed by atoms with Gasteiger partial charge in [0.2, 0.25) is 0 Å². The summed E-state index contributed by atoms with van der Waals surface area (Å²) >= 11 is 5.54. The zero-order chi connectivity index (χ0) is 10.9. The van der Waals surface area contributed by atoms with Gasteiger partial charge >= 0.3 is 0 Å². The van der Waals surface area contributed by atoms with Crippen LogP contribution in [-0.2, 0) is 0 Å². The van der Waals surface area contributed by atoms with Crippen molar-refractivity contribution >= 4 is 11.6 Å². The first-order valence-corrected chi connectivity index (χ1v) is 4.43. The Balaban J connectivity index is 3.20. The summed E-state index contributed by atoms with van der Waals surface area (Å²) in [5, 5.41) is 18.5. The van der Waals surface area contributed by atoms with Crippen LogP contribution in [0.1, 0.15) is 18.5 Å². The first-order valence-electron chi connectivity index (χ1n) is 4.05. The topological polar surface area (TPSA) is 66.5 Å². The van der Waals surface area contributed by atoms with Crippen molar-refractivity contribution < 1.29 is 14.6 Å². The Kier molecular flexibility index (Phi) is 3.31. The third-order valence-electron chi connectivity index (χ3n) is 1.94. The Morgan fingerprint density at radius 2 is 2.07 bits per heavy atom. The highest BCUT2D eigenvalue weighted by Crippen LogP contribution is 2.32. The van der Waals surface area contributed by atoms with Crippen LogP contribution in [0.3, 0.4) is 0 Å². The highest BCUT2D eigenvalue weighted by molar-refractivity contribution is 6.32. The second kappa shape index (κ2) is 4.13. The Bertz CT molecular complexity index is 344. The molecular weight excluding hydrogens is 209 g/mol. The predicted octanol–water partition coefficient (Wildman–Crippen LogP) is 1.57. The van der Waals surface area contributed by atoms with Gasteiger partial charge in [0.1, 0.15) is 11.6 Å². The summed E-state index contributed by atoms with van der Waals surface area (Å²) in [5.41, 5.74) is 5.64. The van der Waals surface area contributed by atoms with Crippen LogP contribution in [-0.4, -0.2) is 16.3 Å². The third-order valence-corrected chi connectivity index (χ3v) is 2.22. The first-order chi connectivity index (χ1) is 6.43. The molecule has 5 heteroatoms. The highest BCUT2D eigenvalue weighted by Gasteiger charge is 2.18. The first kappa shape index (κ1) is 11.2. The lowest BCUT2D eigenvalue weighted by Gasteiger charge is -2.16. The summed E-state index contributed by atoms with van der Waals surface area (Å²) in [6.45, 7) is 1.45. The molecule has 1 aromatic rings. The van der Waals surface area contributed by atoms with Crippen LogP contribution in [0, 0.1) is 5.82 Å². The van der Waals surface area contributed by atoms with Gasteiger partial charge in [0.05, 0.1) is 17.2 Å². The molecule has 1 unspecified atom stereocenters. The van der Waals surface area contributed by atoms with Gasteiger partial charge in [-0.3, -0.25) is 0 Å². The van der Waals surface area contributed by atoms with E-state index in [0.717, 1.165) is 12.1 Å². The monoisotopic (exact) mass is 219 g/mol. The molecule has 3 nitrogen and oxygen atoms in total. The largest absolute Gasteiger partial charge is 0.506 e. The normalized spacial score (nSPS) is 15.2. The summed E-state index contributed by atoms with van der Waals surface area (Å²) in [5.74, 6) is -0.889. The van der Waals surface area contributed by atoms with Gasteiger partial charge in [-0.15, -0.1) is 0 Å². The lowest BCUT2D eigenvalue weighted by atomic mass is 10.0. The van der Waals surface area contributed by atoms with Crippen molar-refractivity contribution in [2.24, 2.45) is 5.73 Å². The summed E-state index contributed by atoms with van der Waals surface area (Å²) in [6, 6.07) is 1.18. The number of aliphatic hydroxyl groups is 1. The smallest absolute Gasteiger partial charge is 0.139 e. The van der Waals surface area contributed by atoms with E-state index < -0.39 is 18.0 Å². The highest BCUT2D eigenvalue weighted by atomic mass is 35.5. The predicted molar refractivity (Wildman–Crippen MR) is 51.7 cm³/mol. The minimum absolute atomic E-state index is 0.102. The van der Waals surface area contributed by atoms with E-state index in [1.54, 1.807) is 0 Å². The van der Waals surface area contributed by atoms with E-state index >= 15 is 0 Å². The van der Waals surface area contributed by atoms with E-state index in [4.69, 9.17) is 17.3 Å².